The van der Waals surface area contributed by atoms with Gasteiger partial charge in [-0.3, -0.25) is 19.4 Å². The maximum atomic E-state index is 14.6. The fourth-order valence-electron chi connectivity index (χ4n) is 5.92. The molecule has 2 heterocycles. The largest absolute Gasteiger partial charge is 0.353 e. The minimum absolute atomic E-state index is 0.00647. The molecule has 2 aromatic rings. The lowest BCUT2D eigenvalue weighted by Crippen LogP contribution is -2.58. The highest BCUT2D eigenvalue weighted by Gasteiger charge is 2.54. The highest BCUT2D eigenvalue weighted by molar-refractivity contribution is 5.98. The molecule has 3 fully saturated rings. The Morgan fingerprint density at radius 2 is 1.67 bits per heavy atom. The predicted octanol–water partition coefficient (Wildman–Crippen LogP) is 4.35. The minimum Gasteiger partial charge on any atom is -0.353 e. The number of piperidine rings is 1. The van der Waals surface area contributed by atoms with Crippen molar-refractivity contribution in [2.45, 2.75) is 69.8 Å². The number of amides is 2. The predicted molar refractivity (Wildman–Crippen MR) is 136 cm³/mol. The molecule has 2 amide bonds. The zero-order valence-electron chi connectivity index (χ0n) is 21.0. The van der Waals surface area contributed by atoms with E-state index in [-0.39, 0.29) is 24.1 Å². The highest BCUT2D eigenvalue weighted by atomic mass is 19.1. The van der Waals surface area contributed by atoms with Crippen molar-refractivity contribution in [3.63, 3.8) is 0 Å². The monoisotopic (exact) mass is 493 g/mol. The maximum absolute atomic E-state index is 14.6. The van der Waals surface area contributed by atoms with Crippen molar-refractivity contribution in [1.29, 1.82) is 0 Å². The van der Waals surface area contributed by atoms with Gasteiger partial charge in [-0.25, -0.2) is 4.39 Å². The van der Waals surface area contributed by atoms with Gasteiger partial charge in [-0.05, 0) is 62.1 Å². The maximum Gasteiger partial charge on any atom is 0.259 e. The van der Waals surface area contributed by atoms with Gasteiger partial charge in [0.05, 0.1) is 12.2 Å². The zero-order chi connectivity index (χ0) is 25.1. The van der Waals surface area contributed by atoms with E-state index in [2.05, 4.69) is 41.4 Å². The first kappa shape index (κ1) is 24.9. The van der Waals surface area contributed by atoms with Gasteiger partial charge in [-0.1, -0.05) is 49.4 Å². The number of likely N-dealkylation sites (tertiary alicyclic amines) is 1. The molecule has 1 N–H and O–H groups in total. The minimum atomic E-state index is -0.840. The van der Waals surface area contributed by atoms with E-state index in [1.165, 1.54) is 17.7 Å². The number of rotatable bonds is 5. The summed E-state index contributed by atoms with van der Waals surface area (Å²) in [5.41, 5.74) is 0.443. The molecule has 2 saturated heterocycles. The number of carbonyl (C=O) groups excluding carboxylic acids is 2. The summed E-state index contributed by atoms with van der Waals surface area (Å²) in [5, 5.41) is 3.19. The molecule has 1 atom stereocenters. The van der Waals surface area contributed by atoms with Crippen molar-refractivity contribution in [2.24, 2.45) is 5.92 Å². The second-order valence-electron chi connectivity index (χ2n) is 10.7. The molecule has 7 heteroatoms. The fourth-order valence-corrected chi connectivity index (χ4v) is 5.92. The second-order valence-corrected chi connectivity index (χ2v) is 10.7. The van der Waals surface area contributed by atoms with Gasteiger partial charge in [-0.15, -0.1) is 0 Å². The summed E-state index contributed by atoms with van der Waals surface area (Å²) in [7, 11) is 0. The molecule has 1 spiro atoms. The van der Waals surface area contributed by atoms with Crippen molar-refractivity contribution >= 4 is 11.8 Å². The number of carbonyl (C=O) groups is 2. The molecule has 2 aromatic carbocycles. The Labute approximate surface area is 212 Å². The van der Waals surface area contributed by atoms with Gasteiger partial charge in [-0.2, -0.15) is 0 Å². The van der Waals surface area contributed by atoms with Gasteiger partial charge in [0, 0.05) is 25.7 Å². The van der Waals surface area contributed by atoms with Crippen LogP contribution in [0.4, 0.5) is 4.39 Å². The summed E-state index contributed by atoms with van der Waals surface area (Å²) < 4.78 is 20.9. The second kappa shape index (κ2) is 10.7. The van der Waals surface area contributed by atoms with Crippen LogP contribution in [-0.2, 0) is 16.1 Å². The third-order valence-corrected chi connectivity index (χ3v) is 8.12. The lowest BCUT2D eigenvalue weighted by Gasteiger charge is -2.43. The fraction of sp³-hybridized carbons (Fsp3) is 0.517. The Morgan fingerprint density at radius 3 is 2.36 bits per heavy atom. The van der Waals surface area contributed by atoms with Crippen molar-refractivity contribution in [2.75, 3.05) is 19.7 Å². The van der Waals surface area contributed by atoms with E-state index in [0.29, 0.717) is 18.8 Å². The molecule has 6 nitrogen and oxygen atoms in total. The average molecular weight is 494 g/mol. The molecular formula is C29H36FN3O3. The Kier molecular flexibility index (Phi) is 7.39. The van der Waals surface area contributed by atoms with Gasteiger partial charge in [0.1, 0.15) is 17.6 Å². The van der Waals surface area contributed by atoms with Crippen LogP contribution in [-0.4, -0.2) is 59.1 Å². The van der Waals surface area contributed by atoms with Crippen LogP contribution in [0.15, 0.2) is 54.6 Å². The van der Waals surface area contributed by atoms with Gasteiger partial charge < -0.3 is 10.1 Å². The number of benzene rings is 2. The summed E-state index contributed by atoms with van der Waals surface area (Å²) >= 11 is 0. The number of hydrogen-bond acceptors (Lipinski definition) is 4. The summed E-state index contributed by atoms with van der Waals surface area (Å²) in [6.45, 7) is 5.05. The Hall–Kier alpha value is -2.77. The smallest absolute Gasteiger partial charge is 0.259 e. The molecule has 5 rings (SSSR count). The zero-order valence-corrected chi connectivity index (χ0v) is 21.0. The summed E-state index contributed by atoms with van der Waals surface area (Å²) in [6.07, 6.45) is 4.86. The molecule has 0 radical (unpaired) electrons. The van der Waals surface area contributed by atoms with Crippen LogP contribution in [0.3, 0.4) is 0 Å². The third kappa shape index (κ3) is 5.18. The Morgan fingerprint density at radius 1 is 1.00 bits per heavy atom. The Balaban J connectivity index is 1.27. The number of halogens is 1. The topological polar surface area (TPSA) is 61.9 Å². The van der Waals surface area contributed by atoms with Gasteiger partial charge in [0.25, 0.3) is 5.91 Å². The average Bonchev–Trinajstić information content (AvgIpc) is 3.26. The van der Waals surface area contributed by atoms with E-state index in [1.54, 1.807) is 17.0 Å². The van der Waals surface area contributed by atoms with E-state index >= 15 is 0 Å². The quantitative estimate of drug-likeness (QED) is 0.673. The highest BCUT2D eigenvalue weighted by Crippen LogP contribution is 2.43. The van der Waals surface area contributed by atoms with Gasteiger partial charge in [0.2, 0.25) is 5.91 Å². The molecule has 1 unspecified atom stereocenters. The summed E-state index contributed by atoms with van der Waals surface area (Å²) in [4.78, 5) is 31.2. The van der Waals surface area contributed by atoms with Crippen molar-refractivity contribution in [3.05, 3.63) is 71.5 Å². The molecule has 3 aliphatic rings. The standard InChI is InChI=1S/C29H36FN3O3/c1-21-11-15-29(16-12-21)33(28(35)24-9-5-6-10-25(24)30)26(20-36-29)27(34)31-23-13-17-32(18-14-23)19-22-7-3-2-4-8-22/h2-10,21,23,26H,11-20H2,1H3,(H,31,34). The van der Waals surface area contributed by atoms with Crippen LogP contribution in [0, 0.1) is 11.7 Å². The first-order valence-corrected chi connectivity index (χ1v) is 13.2. The molecular weight excluding hydrogens is 457 g/mol. The van der Waals surface area contributed by atoms with Crippen LogP contribution >= 0.6 is 0 Å². The van der Waals surface area contributed by atoms with Crippen molar-refractivity contribution in [3.8, 4) is 0 Å². The Bertz CT molecular complexity index is 1060. The van der Waals surface area contributed by atoms with E-state index in [4.69, 9.17) is 4.74 Å². The molecule has 1 aliphatic carbocycles. The molecule has 192 valence electrons. The first-order valence-electron chi connectivity index (χ1n) is 13.2. The van der Waals surface area contributed by atoms with Gasteiger partial charge in [0.15, 0.2) is 0 Å². The van der Waals surface area contributed by atoms with Crippen LogP contribution in [0.5, 0.6) is 0 Å². The number of nitrogens with one attached hydrogen (secondary N) is 1. The summed E-state index contributed by atoms with van der Waals surface area (Å²) in [6, 6.07) is 15.7. The first-order chi connectivity index (χ1) is 17.4. The van der Waals surface area contributed by atoms with E-state index < -0.39 is 23.5 Å². The molecule has 0 bridgehead atoms. The van der Waals surface area contributed by atoms with Crippen molar-refractivity contribution in [1.82, 2.24) is 15.1 Å². The van der Waals surface area contributed by atoms with Crippen molar-refractivity contribution < 1.29 is 18.7 Å². The van der Waals surface area contributed by atoms with E-state index in [1.807, 2.05) is 6.07 Å². The van der Waals surface area contributed by atoms with Crippen LogP contribution < -0.4 is 5.32 Å². The SMILES string of the molecule is CC1CCC2(CC1)OCC(C(=O)NC1CCN(Cc3ccccc3)CC1)N2C(=O)c1ccccc1F. The van der Waals surface area contributed by atoms with E-state index in [0.717, 1.165) is 45.3 Å². The number of ether oxygens (including phenoxy) is 1. The number of nitrogens with zero attached hydrogens (tertiary/aromatic N) is 2. The molecule has 1 saturated carbocycles. The van der Waals surface area contributed by atoms with Crippen LogP contribution in [0.25, 0.3) is 0 Å². The van der Waals surface area contributed by atoms with Crippen LogP contribution in [0.1, 0.15) is 61.4 Å². The third-order valence-electron chi connectivity index (χ3n) is 8.12. The lowest BCUT2D eigenvalue weighted by molar-refractivity contribution is -0.128. The van der Waals surface area contributed by atoms with Gasteiger partial charge >= 0.3 is 0 Å². The lowest BCUT2D eigenvalue weighted by atomic mass is 9.83. The normalized spacial score (nSPS) is 27.3. The number of hydrogen-bond donors (Lipinski definition) is 1. The summed E-state index contributed by atoms with van der Waals surface area (Å²) in [5.74, 6) is -0.688. The molecule has 36 heavy (non-hydrogen) atoms. The van der Waals surface area contributed by atoms with E-state index in [9.17, 15) is 14.0 Å². The van der Waals surface area contributed by atoms with Crippen LogP contribution in [0.2, 0.25) is 0 Å². The molecule has 0 aromatic heterocycles. The molecule has 2 aliphatic heterocycles.